The molecule has 0 aliphatic carbocycles. The molecule has 1 fully saturated rings. The molecule has 1 aromatic heterocycles. The topological polar surface area (TPSA) is 97.7 Å². The van der Waals surface area contributed by atoms with Crippen LogP contribution in [0.15, 0.2) is 23.1 Å². The number of ether oxygens (including phenoxy) is 1. The van der Waals surface area contributed by atoms with E-state index in [-0.39, 0.29) is 34.5 Å². The van der Waals surface area contributed by atoms with Crippen LogP contribution in [-0.2, 0) is 26.6 Å². The van der Waals surface area contributed by atoms with Crippen LogP contribution >= 0.6 is 11.6 Å². The lowest BCUT2D eigenvalue weighted by atomic mass is 9.99. The first-order chi connectivity index (χ1) is 15.0. The second-order valence-electron chi connectivity index (χ2n) is 7.75. The van der Waals surface area contributed by atoms with Crippen molar-refractivity contribution in [3.05, 3.63) is 46.0 Å². The summed E-state index contributed by atoms with van der Waals surface area (Å²) in [6.45, 7) is 3.46. The number of nitrogens with zero attached hydrogens (tertiary/aromatic N) is 2. The van der Waals surface area contributed by atoms with E-state index in [1.54, 1.807) is 25.5 Å². The highest BCUT2D eigenvalue weighted by Crippen LogP contribution is 2.32. The number of carbonyl (C=O) groups excluding carboxylic acids is 2. The van der Waals surface area contributed by atoms with Crippen molar-refractivity contribution in [3.63, 3.8) is 0 Å². The number of amides is 1. The van der Waals surface area contributed by atoms with E-state index in [1.165, 1.54) is 23.5 Å². The zero-order valence-corrected chi connectivity index (χ0v) is 19.8. The van der Waals surface area contributed by atoms with Crippen molar-refractivity contribution in [1.82, 2.24) is 8.87 Å². The molecule has 1 aliphatic rings. The fourth-order valence-electron chi connectivity index (χ4n) is 3.90. The van der Waals surface area contributed by atoms with Crippen molar-refractivity contribution in [2.24, 2.45) is 13.0 Å². The first-order valence-electron chi connectivity index (χ1n) is 9.99. The predicted molar refractivity (Wildman–Crippen MR) is 118 cm³/mol. The van der Waals surface area contributed by atoms with Crippen molar-refractivity contribution >= 4 is 39.2 Å². The summed E-state index contributed by atoms with van der Waals surface area (Å²) < 4.78 is 48.1. The molecule has 1 unspecified atom stereocenters. The van der Waals surface area contributed by atoms with Gasteiger partial charge in [0.1, 0.15) is 16.3 Å². The van der Waals surface area contributed by atoms with E-state index in [4.69, 9.17) is 16.3 Å². The zero-order valence-electron chi connectivity index (χ0n) is 18.2. The van der Waals surface area contributed by atoms with Gasteiger partial charge in [0.15, 0.2) is 0 Å². The summed E-state index contributed by atoms with van der Waals surface area (Å²) in [5.74, 6) is -2.34. The van der Waals surface area contributed by atoms with Crippen molar-refractivity contribution in [2.75, 3.05) is 25.5 Å². The highest BCUT2D eigenvalue weighted by atomic mass is 35.5. The van der Waals surface area contributed by atoms with E-state index in [2.05, 4.69) is 5.32 Å². The van der Waals surface area contributed by atoms with Gasteiger partial charge in [-0.05, 0) is 44.9 Å². The molecule has 0 spiro atoms. The molecule has 1 saturated heterocycles. The summed E-state index contributed by atoms with van der Waals surface area (Å²) in [5.41, 5.74) is 1.21. The Labute approximate surface area is 191 Å². The molecule has 0 saturated carbocycles. The number of hydrogen-bond acceptors (Lipinski definition) is 5. The number of esters is 1. The van der Waals surface area contributed by atoms with Crippen LogP contribution in [0.2, 0.25) is 5.02 Å². The van der Waals surface area contributed by atoms with Crippen LogP contribution in [0.25, 0.3) is 0 Å². The summed E-state index contributed by atoms with van der Waals surface area (Å²) >= 11 is 5.76. The third-order valence-electron chi connectivity index (χ3n) is 5.85. The highest BCUT2D eigenvalue weighted by Gasteiger charge is 2.38. The minimum Gasteiger partial charge on any atom is -0.465 e. The fraction of sp³-hybridized carbons (Fsp3) is 0.429. The molecule has 1 amide bonds. The molecule has 3 rings (SSSR count). The Morgan fingerprint density at radius 3 is 2.56 bits per heavy atom. The number of piperidine rings is 1. The van der Waals surface area contributed by atoms with E-state index in [0.29, 0.717) is 29.9 Å². The molecule has 0 bridgehead atoms. The van der Waals surface area contributed by atoms with Gasteiger partial charge in [-0.3, -0.25) is 4.79 Å². The third kappa shape index (κ3) is 4.39. The number of hydrogen-bond donors (Lipinski definition) is 1. The minimum absolute atomic E-state index is 0.0000269. The smallest absolute Gasteiger partial charge is 0.341 e. The number of methoxy groups -OCH3 is 1. The number of benzene rings is 1. The molecule has 1 N–H and O–H groups in total. The van der Waals surface area contributed by atoms with Gasteiger partial charge in [-0.15, -0.1) is 0 Å². The van der Waals surface area contributed by atoms with Crippen molar-refractivity contribution in [1.29, 1.82) is 0 Å². The average molecular weight is 486 g/mol. The molecular weight excluding hydrogens is 461 g/mol. The van der Waals surface area contributed by atoms with Gasteiger partial charge in [0.2, 0.25) is 15.9 Å². The van der Waals surface area contributed by atoms with Crippen molar-refractivity contribution in [2.45, 2.75) is 31.6 Å². The lowest BCUT2D eigenvalue weighted by molar-refractivity contribution is -0.120. The van der Waals surface area contributed by atoms with Crippen LogP contribution in [0.5, 0.6) is 0 Å². The molecule has 8 nitrogen and oxygen atoms in total. The first kappa shape index (κ1) is 24.2. The molecule has 1 atom stereocenters. The van der Waals surface area contributed by atoms with Crippen LogP contribution < -0.4 is 5.32 Å². The van der Waals surface area contributed by atoms with Gasteiger partial charge in [-0.1, -0.05) is 11.6 Å². The molecule has 2 aromatic rings. The normalized spacial score (nSPS) is 17.2. The Bertz CT molecular complexity index is 1180. The Morgan fingerprint density at radius 1 is 1.25 bits per heavy atom. The van der Waals surface area contributed by atoms with Gasteiger partial charge >= 0.3 is 5.97 Å². The maximum Gasteiger partial charge on any atom is 0.341 e. The lowest BCUT2D eigenvalue weighted by Crippen LogP contribution is -2.44. The number of rotatable bonds is 5. The molecule has 174 valence electrons. The fourth-order valence-corrected chi connectivity index (χ4v) is 6.08. The standard InChI is InChI=1S/C21H25ClFN3O5S/c1-12-18(21(28)31-4)19(13(2)25(12)3)32(29,30)26-9-5-6-14(11-26)20(27)24-15-7-8-17(23)16(22)10-15/h7-8,10,14H,5-6,9,11H2,1-4H3,(H,24,27). The summed E-state index contributed by atoms with van der Waals surface area (Å²) in [5, 5.41) is 2.54. The van der Waals surface area contributed by atoms with E-state index >= 15 is 0 Å². The SMILES string of the molecule is COC(=O)c1c(S(=O)(=O)N2CCCC(C(=O)Nc3ccc(F)c(Cl)c3)C2)c(C)n(C)c1C. The van der Waals surface area contributed by atoms with Gasteiger partial charge in [-0.25, -0.2) is 17.6 Å². The molecule has 32 heavy (non-hydrogen) atoms. The zero-order chi connectivity index (χ0) is 23.8. The van der Waals surface area contributed by atoms with Gasteiger partial charge in [0.25, 0.3) is 0 Å². The number of nitrogens with one attached hydrogen (secondary N) is 1. The maximum absolute atomic E-state index is 13.5. The first-order valence-corrected chi connectivity index (χ1v) is 11.8. The Balaban J connectivity index is 1.87. The van der Waals surface area contributed by atoms with E-state index in [0.717, 1.165) is 6.07 Å². The van der Waals surface area contributed by atoms with Crippen molar-refractivity contribution < 1.29 is 27.1 Å². The molecule has 0 radical (unpaired) electrons. The van der Waals surface area contributed by atoms with Gasteiger partial charge in [0, 0.05) is 37.2 Å². The van der Waals surface area contributed by atoms with E-state index in [9.17, 15) is 22.4 Å². The molecule has 1 aliphatic heterocycles. The van der Waals surface area contributed by atoms with Gasteiger partial charge in [-0.2, -0.15) is 4.31 Å². The second kappa shape index (κ2) is 9.21. The van der Waals surface area contributed by atoms with Crippen LogP contribution in [0, 0.1) is 25.6 Å². The number of aromatic nitrogens is 1. The van der Waals surface area contributed by atoms with Crippen LogP contribution in [0.3, 0.4) is 0 Å². The number of carbonyl (C=O) groups is 2. The number of sulfonamides is 1. The largest absolute Gasteiger partial charge is 0.465 e. The van der Waals surface area contributed by atoms with Crippen molar-refractivity contribution in [3.8, 4) is 0 Å². The lowest BCUT2D eigenvalue weighted by Gasteiger charge is -2.31. The molecule has 1 aromatic carbocycles. The van der Waals surface area contributed by atoms with Crippen LogP contribution in [0.1, 0.15) is 34.6 Å². The number of anilines is 1. The molecule has 11 heteroatoms. The minimum atomic E-state index is -4.07. The van der Waals surface area contributed by atoms with Crippen LogP contribution in [-0.4, -0.2) is 49.4 Å². The monoisotopic (exact) mass is 485 g/mol. The predicted octanol–water partition coefficient (Wildman–Crippen LogP) is 3.26. The summed E-state index contributed by atoms with van der Waals surface area (Å²) in [7, 11) is -1.20. The number of halogens is 2. The Hall–Kier alpha value is -2.43. The summed E-state index contributed by atoms with van der Waals surface area (Å²) in [6, 6.07) is 3.82. The Kier molecular flexibility index (Phi) is 6.97. The molecular formula is C21H25ClFN3O5S. The summed E-state index contributed by atoms with van der Waals surface area (Å²) in [6.07, 6.45) is 0.962. The average Bonchev–Trinajstić information content (AvgIpc) is 3.00. The van der Waals surface area contributed by atoms with Gasteiger partial charge < -0.3 is 14.6 Å². The molecule has 2 heterocycles. The maximum atomic E-state index is 13.5. The van der Waals surface area contributed by atoms with E-state index in [1.807, 2.05) is 0 Å². The summed E-state index contributed by atoms with van der Waals surface area (Å²) in [4.78, 5) is 25.0. The highest BCUT2D eigenvalue weighted by molar-refractivity contribution is 7.89. The quantitative estimate of drug-likeness (QED) is 0.655. The second-order valence-corrected chi connectivity index (χ2v) is 10.0. The Morgan fingerprint density at radius 2 is 1.94 bits per heavy atom. The third-order valence-corrected chi connectivity index (χ3v) is 8.17. The van der Waals surface area contributed by atoms with E-state index < -0.39 is 27.7 Å². The van der Waals surface area contributed by atoms with Crippen LogP contribution in [0.4, 0.5) is 10.1 Å². The van der Waals surface area contributed by atoms with Gasteiger partial charge in [0.05, 0.1) is 18.1 Å².